The molecule has 41 heavy (non-hydrogen) atoms. The number of halogens is 3. The molecule has 4 aromatic rings. The third-order valence-electron chi connectivity index (χ3n) is 7.00. The van der Waals surface area contributed by atoms with E-state index >= 15 is 0 Å². The first-order valence-electron chi connectivity index (χ1n) is 13.0. The zero-order valence-corrected chi connectivity index (χ0v) is 26.7. The number of ether oxygens (including phenoxy) is 2. The number of nitrogens with one attached hydrogen (secondary N) is 1. The molecule has 1 unspecified atom stereocenters. The van der Waals surface area contributed by atoms with Crippen LogP contribution in [0.5, 0.6) is 11.5 Å². The van der Waals surface area contributed by atoms with E-state index in [-0.39, 0.29) is 5.78 Å². The summed E-state index contributed by atoms with van der Waals surface area (Å²) in [5, 5.41) is 9.56. The molecule has 210 valence electrons. The van der Waals surface area contributed by atoms with Gasteiger partial charge in [-0.3, -0.25) is 4.79 Å². The quantitative estimate of drug-likeness (QED) is 0.184. The van der Waals surface area contributed by atoms with Crippen molar-refractivity contribution in [2.45, 2.75) is 42.8 Å². The summed E-state index contributed by atoms with van der Waals surface area (Å²) in [6.07, 6.45) is 2.08. The van der Waals surface area contributed by atoms with Crippen LogP contribution in [0.1, 0.15) is 42.0 Å². The number of hydrogen-bond donors (Lipinski definition) is 1. The topological polar surface area (TPSA) is 78.3 Å². The van der Waals surface area contributed by atoms with Crippen LogP contribution < -0.4 is 14.8 Å². The van der Waals surface area contributed by atoms with Crippen molar-refractivity contribution < 1.29 is 14.3 Å². The van der Waals surface area contributed by atoms with E-state index < -0.39 is 6.04 Å². The van der Waals surface area contributed by atoms with Crippen LogP contribution >= 0.6 is 55.2 Å². The molecule has 0 amide bonds. The molecule has 0 radical (unpaired) electrons. The van der Waals surface area contributed by atoms with Crippen LogP contribution in [-0.4, -0.2) is 27.7 Å². The molecule has 1 N–H and O–H groups in total. The molecule has 1 aliphatic heterocycles. The lowest BCUT2D eigenvalue weighted by Crippen LogP contribution is -2.31. The number of carbonyl (C=O) groups is 1. The Morgan fingerprint density at radius 1 is 1.12 bits per heavy atom. The first kappa shape index (κ1) is 28.3. The standard InChI is InChI=1S/C30H25Br2ClN4O3S/c1-39-25-14-19(13-21(32)28(25)40-15-17-6-4-8-20(31)12-17)27-26-23(10-5-11-24(26)38)34-29-35-30(36-37(27)29)41-16-18-7-2-3-9-22(18)33/h2-4,6-9,12-14,27H,5,10-11,15-16H2,1H3,(H,34,35,36). The van der Waals surface area contributed by atoms with Gasteiger partial charge in [-0.15, -0.1) is 5.10 Å². The Morgan fingerprint density at radius 2 is 1.98 bits per heavy atom. The predicted octanol–water partition coefficient (Wildman–Crippen LogP) is 8.36. The highest BCUT2D eigenvalue weighted by Gasteiger charge is 2.37. The third-order valence-corrected chi connectivity index (χ3v) is 9.34. The second-order valence-electron chi connectivity index (χ2n) is 9.69. The fraction of sp³-hybridized carbons (Fsp3) is 0.233. The smallest absolute Gasteiger partial charge is 0.227 e. The van der Waals surface area contributed by atoms with E-state index in [2.05, 4.69) is 37.2 Å². The number of thioether (sulfide) groups is 1. The molecule has 2 aliphatic rings. The Morgan fingerprint density at radius 3 is 2.78 bits per heavy atom. The highest BCUT2D eigenvalue weighted by atomic mass is 79.9. The maximum absolute atomic E-state index is 13.3. The lowest BCUT2D eigenvalue weighted by Gasteiger charge is -2.32. The first-order chi connectivity index (χ1) is 19.9. The van der Waals surface area contributed by atoms with Crippen molar-refractivity contribution in [3.8, 4) is 11.5 Å². The monoisotopic (exact) mass is 714 g/mol. The Hall–Kier alpha value is -2.79. The lowest BCUT2D eigenvalue weighted by molar-refractivity contribution is -0.116. The number of methoxy groups -OCH3 is 1. The summed E-state index contributed by atoms with van der Waals surface area (Å²) in [7, 11) is 1.61. The average Bonchev–Trinajstić information content (AvgIpc) is 3.37. The molecule has 0 spiro atoms. The number of fused-ring (bicyclic) bond motifs is 1. The van der Waals surface area contributed by atoms with Crippen molar-refractivity contribution in [2.75, 3.05) is 12.4 Å². The highest BCUT2D eigenvalue weighted by Crippen LogP contribution is 2.45. The van der Waals surface area contributed by atoms with Gasteiger partial charge in [0.25, 0.3) is 0 Å². The number of ketones is 1. The number of allylic oxidation sites excluding steroid dienone is 2. The Balaban J connectivity index is 1.35. The van der Waals surface area contributed by atoms with Crippen molar-refractivity contribution in [1.82, 2.24) is 14.8 Å². The van der Waals surface area contributed by atoms with Crippen molar-refractivity contribution in [3.63, 3.8) is 0 Å². The molecule has 1 aromatic heterocycles. The second kappa shape index (κ2) is 12.2. The van der Waals surface area contributed by atoms with Gasteiger partial charge in [-0.05, 0) is 75.8 Å². The van der Waals surface area contributed by atoms with Crippen molar-refractivity contribution in [2.24, 2.45) is 0 Å². The number of aromatic nitrogens is 3. The fourth-order valence-corrected chi connectivity index (χ4v) is 7.22. The van der Waals surface area contributed by atoms with Crippen molar-refractivity contribution >= 4 is 67.0 Å². The summed E-state index contributed by atoms with van der Waals surface area (Å²) in [6, 6.07) is 19.2. The summed E-state index contributed by atoms with van der Waals surface area (Å²) in [4.78, 5) is 18.1. The van der Waals surface area contributed by atoms with Crippen LogP contribution in [0.2, 0.25) is 5.02 Å². The molecular weight excluding hydrogens is 692 g/mol. The molecule has 2 heterocycles. The largest absolute Gasteiger partial charge is 0.493 e. The van der Waals surface area contributed by atoms with Crippen LogP contribution in [0.15, 0.2) is 86.0 Å². The molecular formula is C30H25Br2ClN4O3S. The predicted molar refractivity (Wildman–Crippen MR) is 168 cm³/mol. The maximum Gasteiger partial charge on any atom is 0.227 e. The minimum Gasteiger partial charge on any atom is -0.493 e. The zero-order chi connectivity index (χ0) is 28.5. The van der Waals surface area contributed by atoms with Crippen LogP contribution in [0, 0.1) is 0 Å². The van der Waals surface area contributed by atoms with Gasteiger partial charge in [0.1, 0.15) is 12.6 Å². The Labute approximate surface area is 263 Å². The molecule has 0 bridgehead atoms. The lowest BCUT2D eigenvalue weighted by atomic mass is 9.85. The average molecular weight is 717 g/mol. The normalized spacial score (nSPS) is 16.2. The van der Waals surface area contributed by atoms with Gasteiger partial charge < -0.3 is 14.8 Å². The van der Waals surface area contributed by atoms with Crippen LogP contribution in [-0.2, 0) is 17.2 Å². The van der Waals surface area contributed by atoms with Gasteiger partial charge in [-0.25, -0.2) is 4.68 Å². The summed E-state index contributed by atoms with van der Waals surface area (Å²) in [6.45, 7) is 0.369. The molecule has 1 atom stereocenters. The van der Waals surface area contributed by atoms with E-state index in [1.54, 1.807) is 11.8 Å². The van der Waals surface area contributed by atoms with Gasteiger partial charge in [0.05, 0.1) is 11.6 Å². The summed E-state index contributed by atoms with van der Waals surface area (Å²) >= 11 is 15.1. The molecule has 0 saturated carbocycles. The molecule has 7 nitrogen and oxygen atoms in total. The molecule has 1 aliphatic carbocycles. The Bertz CT molecular complexity index is 1680. The SMILES string of the molecule is COc1cc(C2C3=C(CCCC3=O)Nc3nc(SCc4ccccc4Cl)nn32)cc(Br)c1OCc1cccc(Br)c1. The molecule has 11 heteroatoms. The van der Waals surface area contributed by atoms with Gasteiger partial charge in [0, 0.05) is 32.9 Å². The van der Waals surface area contributed by atoms with Gasteiger partial charge in [-0.2, -0.15) is 4.98 Å². The number of rotatable bonds is 8. The highest BCUT2D eigenvalue weighted by molar-refractivity contribution is 9.10. The van der Waals surface area contributed by atoms with E-state index in [0.29, 0.717) is 52.0 Å². The van der Waals surface area contributed by atoms with E-state index in [1.165, 1.54) is 11.8 Å². The van der Waals surface area contributed by atoms with Crippen LogP contribution in [0.25, 0.3) is 0 Å². The van der Waals surface area contributed by atoms with Gasteiger partial charge in [0.15, 0.2) is 17.3 Å². The first-order valence-corrected chi connectivity index (χ1v) is 16.0. The Kier molecular flexibility index (Phi) is 8.44. The molecule has 0 saturated heterocycles. The van der Waals surface area contributed by atoms with Gasteiger partial charge in [0.2, 0.25) is 11.1 Å². The number of Topliss-reactive ketones (excluding diaryl/α,β-unsaturated/α-hetero) is 1. The van der Waals surface area contributed by atoms with Gasteiger partial charge in [-0.1, -0.05) is 69.6 Å². The number of carbonyl (C=O) groups excluding carboxylic acids is 1. The number of hydrogen-bond acceptors (Lipinski definition) is 7. The maximum atomic E-state index is 13.3. The van der Waals surface area contributed by atoms with E-state index in [4.69, 9.17) is 31.2 Å². The van der Waals surface area contributed by atoms with Crippen LogP contribution in [0.3, 0.4) is 0 Å². The van der Waals surface area contributed by atoms with E-state index in [0.717, 1.165) is 44.2 Å². The second-order valence-corrected chi connectivity index (χ2v) is 12.8. The minimum absolute atomic E-state index is 0.111. The fourth-order valence-electron chi connectivity index (χ4n) is 5.08. The van der Waals surface area contributed by atoms with Crippen molar-refractivity contribution in [1.29, 1.82) is 0 Å². The molecule has 0 fully saturated rings. The van der Waals surface area contributed by atoms with Gasteiger partial charge >= 0.3 is 0 Å². The molecule has 3 aromatic carbocycles. The number of anilines is 1. The zero-order valence-electron chi connectivity index (χ0n) is 22.0. The summed E-state index contributed by atoms with van der Waals surface area (Å²) < 4.78 is 15.5. The summed E-state index contributed by atoms with van der Waals surface area (Å²) in [5.41, 5.74) is 4.50. The van der Waals surface area contributed by atoms with Crippen molar-refractivity contribution in [3.05, 3.63) is 103 Å². The third kappa shape index (κ3) is 5.93. The molecule has 6 rings (SSSR count). The number of nitrogens with zero attached hydrogens (tertiary/aromatic N) is 3. The van der Waals surface area contributed by atoms with E-state index in [1.807, 2.05) is 60.7 Å². The summed E-state index contributed by atoms with van der Waals surface area (Å²) in [5.74, 6) is 2.49. The minimum atomic E-state index is -0.458. The van der Waals surface area contributed by atoms with Crippen LogP contribution in [0.4, 0.5) is 5.95 Å². The van der Waals surface area contributed by atoms with E-state index in [9.17, 15) is 4.79 Å². The number of benzene rings is 3.